The molecular formula is C10H9FO2S. The number of fused-ring (bicyclic) bond motifs is 1. The van der Waals surface area contributed by atoms with Gasteiger partial charge in [0, 0.05) is 10.1 Å². The summed E-state index contributed by atoms with van der Waals surface area (Å²) < 4.78 is 12.9. The Morgan fingerprint density at radius 1 is 1.57 bits per heavy atom. The van der Waals surface area contributed by atoms with Crippen molar-refractivity contribution in [3.05, 3.63) is 29.6 Å². The third-order valence-corrected chi connectivity index (χ3v) is 3.62. The van der Waals surface area contributed by atoms with E-state index in [1.54, 1.807) is 6.07 Å². The van der Waals surface area contributed by atoms with E-state index in [-0.39, 0.29) is 11.1 Å². The lowest BCUT2D eigenvalue weighted by atomic mass is 9.97. The molecule has 1 N–H and O–H groups in total. The molecule has 0 spiro atoms. The zero-order valence-corrected chi connectivity index (χ0v) is 8.34. The summed E-state index contributed by atoms with van der Waals surface area (Å²) in [6, 6.07) is 4.34. The van der Waals surface area contributed by atoms with Crippen LogP contribution in [0.4, 0.5) is 4.39 Å². The van der Waals surface area contributed by atoms with Crippen LogP contribution in [0.2, 0.25) is 0 Å². The fourth-order valence-electron chi connectivity index (χ4n) is 1.72. The summed E-state index contributed by atoms with van der Waals surface area (Å²) in [5.74, 6) is -1.83. The summed E-state index contributed by atoms with van der Waals surface area (Å²) in [5.41, 5.74) is 0.606. The lowest BCUT2D eigenvalue weighted by Gasteiger charge is -2.09. The molecule has 1 aromatic rings. The predicted octanol–water partition coefficient (Wildman–Crippen LogP) is 2.49. The van der Waals surface area contributed by atoms with Gasteiger partial charge in [-0.3, -0.25) is 4.79 Å². The Morgan fingerprint density at radius 2 is 2.29 bits per heavy atom. The molecule has 4 heteroatoms. The Bertz CT molecular complexity index is 392. The van der Waals surface area contributed by atoms with E-state index >= 15 is 0 Å². The highest BCUT2D eigenvalue weighted by molar-refractivity contribution is 8.00. The van der Waals surface area contributed by atoms with Crippen LogP contribution in [0.25, 0.3) is 0 Å². The second kappa shape index (κ2) is 3.28. The summed E-state index contributed by atoms with van der Waals surface area (Å²) in [6.45, 7) is 1.85. The Morgan fingerprint density at radius 3 is 2.93 bits per heavy atom. The maximum atomic E-state index is 12.9. The lowest BCUT2D eigenvalue weighted by Crippen LogP contribution is -2.16. The van der Waals surface area contributed by atoms with Crippen molar-refractivity contribution in [1.82, 2.24) is 0 Å². The van der Waals surface area contributed by atoms with Crippen LogP contribution in [0.5, 0.6) is 0 Å². The van der Waals surface area contributed by atoms with Gasteiger partial charge in [0.2, 0.25) is 0 Å². The molecule has 0 saturated heterocycles. The number of halogens is 1. The van der Waals surface area contributed by atoms with Crippen molar-refractivity contribution in [2.75, 3.05) is 0 Å². The van der Waals surface area contributed by atoms with Gasteiger partial charge in [0.1, 0.15) is 5.82 Å². The summed E-state index contributed by atoms with van der Waals surface area (Å²) in [7, 11) is 0. The molecule has 2 nitrogen and oxygen atoms in total. The number of hydrogen-bond donors (Lipinski definition) is 1. The van der Waals surface area contributed by atoms with Gasteiger partial charge in [-0.25, -0.2) is 4.39 Å². The van der Waals surface area contributed by atoms with Gasteiger partial charge in [0.05, 0.1) is 5.92 Å². The number of carboxylic acids is 1. The molecule has 1 aromatic carbocycles. The third kappa shape index (κ3) is 1.39. The highest BCUT2D eigenvalue weighted by atomic mass is 32.2. The van der Waals surface area contributed by atoms with Crippen LogP contribution in [0.3, 0.4) is 0 Å². The van der Waals surface area contributed by atoms with E-state index in [4.69, 9.17) is 5.11 Å². The molecule has 0 fully saturated rings. The molecule has 1 aliphatic heterocycles. The summed E-state index contributed by atoms with van der Waals surface area (Å²) in [6.07, 6.45) is 0. The van der Waals surface area contributed by atoms with Crippen LogP contribution in [0.1, 0.15) is 18.4 Å². The molecule has 14 heavy (non-hydrogen) atoms. The molecule has 0 aliphatic carbocycles. The van der Waals surface area contributed by atoms with Gasteiger partial charge in [-0.1, -0.05) is 6.92 Å². The fraction of sp³-hybridized carbons (Fsp3) is 0.300. The van der Waals surface area contributed by atoms with Crippen molar-refractivity contribution in [2.24, 2.45) is 0 Å². The van der Waals surface area contributed by atoms with E-state index in [0.717, 1.165) is 4.90 Å². The second-order valence-corrected chi connectivity index (χ2v) is 4.74. The maximum Gasteiger partial charge on any atom is 0.312 e. The van der Waals surface area contributed by atoms with Crippen molar-refractivity contribution in [2.45, 2.75) is 23.0 Å². The van der Waals surface area contributed by atoms with Crippen molar-refractivity contribution >= 4 is 17.7 Å². The van der Waals surface area contributed by atoms with Crippen LogP contribution >= 0.6 is 11.8 Å². The average molecular weight is 212 g/mol. The molecular weight excluding hydrogens is 203 g/mol. The van der Waals surface area contributed by atoms with Gasteiger partial charge in [0.25, 0.3) is 0 Å². The molecule has 2 atom stereocenters. The number of aliphatic carboxylic acids is 1. The maximum absolute atomic E-state index is 12.9. The predicted molar refractivity (Wildman–Crippen MR) is 52.1 cm³/mol. The molecule has 0 saturated carbocycles. The number of hydrogen-bond acceptors (Lipinski definition) is 2. The first-order chi connectivity index (χ1) is 6.59. The molecule has 1 aliphatic rings. The van der Waals surface area contributed by atoms with E-state index in [1.807, 2.05) is 6.92 Å². The largest absolute Gasteiger partial charge is 0.481 e. The third-order valence-electron chi connectivity index (χ3n) is 2.36. The van der Waals surface area contributed by atoms with Gasteiger partial charge >= 0.3 is 5.97 Å². The molecule has 1 heterocycles. The van der Waals surface area contributed by atoms with Gasteiger partial charge in [-0.15, -0.1) is 11.8 Å². The SMILES string of the molecule is CC1Sc2ccc(F)cc2C1C(=O)O. The summed E-state index contributed by atoms with van der Waals surface area (Å²) >= 11 is 1.49. The zero-order chi connectivity index (χ0) is 10.3. The molecule has 2 unspecified atom stereocenters. The van der Waals surface area contributed by atoms with Crippen molar-refractivity contribution in [3.8, 4) is 0 Å². The summed E-state index contributed by atoms with van der Waals surface area (Å²) in [4.78, 5) is 11.8. The van der Waals surface area contributed by atoms with Crippen molar-refractivity contribution in [1.29, 1.82) is 0 Å². The minimum Gasteiger partial charge on any atom is -0.481 e. The first-order valence-corrected chi connectivity index (χ1v) is 5.16. The fourth-order valence-corrected chi connectivity index (χ4v) is 2.99. The van der Waals surface area contributed by atoms with Crippen molar-refractivity contribution < 1.29 is 14.3 Å². The van der Waals surface area contributed by atoms with Gasteiger partial charge in [0.15, 0.2) is 0 Å². The number of thioether (sulfide) groups is 1. The minimum absolute atomic E-state index is 0.0238. The van der Waals surface area contributed by atoms with Crippen LogP contribution < -0.4 is 0 Å². The van der Waals surface area contributed by atoms with Crippen LogP contribution in [-0.2, 0) is 4.79 Å². The molecule has 0 amide bonds. The summed E-state index contributed by atoms with van der Waals surface area (Å²) in [5, 5.41) is 8.96. The lowest BCUT2D eigenvalue weighted by molar-refractivity contribution is -0.138. The highest BCUT2D eigenvalue weighted by Gasteiger charge is 2.35. The second-order valence-electron chi connectivity index (χ2n) is 3.32. The molecule has 74 valence electrons. The van der Waals surface area contributed by atoms with E-state index in [2.05, 4.69) is 0 Å². The molecule has 2 rings (SSSR count). The molecule has 0 aromatic heterocycles. The first-order valence-electron chi connectivity index (χ1n) is 4.28. The zero-order valence-electron chi connectivity index (χ0n) is 7.53. The normalized spacial score (nSPS) is 24.7. The Kier molecular flexibility index (Phi) is 2.23. The average Bonchev–Trinajstić information content (AvgIpc) is 2.40. The Hall–Kier alpha value is -1.03. The number of rotatable bonds is 1. The quantitative estimate of drug-likeness (QED) is 0.777. The van der Waals surface area contributed by atoms with Crippen LogP contribution in [0, 0.1) is 5.82 Å². The first kappa shape index (κ1) is 9.52. The number of carbonyl (C=O) groups is 1. The smallest absolute Gasteiger partial charge is 0.312 e. The Labute approximate surface area is 85.1 Å². The van der Waals surface area contributed by atoms with Crippen molar-refractivity contribution in [3.63, 3.8) is 0 Å². The Balaban J connectivity index is 2.49. The highest BCUT2D eigenvalue weighted by Crippen LogP contribution is 2.45. The van der Waals surface area contributed by atoms with Crippen LogP contribution in [0.15, 0.2) is 23.1 Å². The van der Waals surface area contributed by atoms with Gasteiger partial charge in [-0.05, 0) is 23.8 Å². The number of carboxylic acid groups (broad SMARTS) is 1. The minimum atomic E-state index is -0.880. The van der Waals surface area contributed by atoms with E-state index in [1.165, 1.54) is 23.9 Å². The molecule has 0 radical (unpaired) electrons. The van der Waals surface area contributed by atoms with Gasteiger partial charge in [-0.2, -0.15) is 0 Å². The molecule has 0 bridgehead atoms. The van der Waals surface area contributed by atoms with Gasteiger partial charge < -0.3 is 5.11 Å². The van der Waals surface area contributed by atoms with E-state index in [0.29, 0.717) is 5.56 Å². The van der Waals surface area contributed by atoms with E-state index in [9.17, 15) is 9.18 Å². The van der Waals surface area contributed by atoms with Crippen LogP contribution in [-0.4, -0.2) is 16.3 Å². The monoisotopic (exact) mass is 212 g/mol. The van der Waals surface area contributed by atoms with E-state index < -0.39 is 11.9 Å². The standard InChI is InChI=1S/C10H9FO2S/c1-5-9(10(12)13)7-4-6(11)2-3-8(7)14-5/h2-5,9H,1H3,(H,12,13). The topological polar surface area (TPSA) is 37.3 Å². The number of benzene rings is 1.